The highest BCUT2D eigenvalue weighted by molar-refractivity contribution is 6.34. The molecule has 1 amide bonds. The van der Waals surface area contributed by atoms with Gasteiger partial charge >= 0.3 is 6.09 Å². The Kier molecular flexibility index (Phi) is 6.37. The lowest BCUT2D eigenvalue weighted by Gasteiger charge is -2.38. The smallest absolute Gasteiger partial charge is 0.410 e. The predicted molar refractivity (Wildman–Crippen MR) is 125 cm³/mol. The first-order chi connectivity index (χ1) is 15.5. The molecule has 0 saturated carbocycles. The van der Waals surface area contributed by atoms with E-state index < -0.39 is 0 Å². The molecule has 5 rings (SSSR count). The minimum atomic E-state index is -0.320. The van der Waals surface area contributed by atoms with E-state index in [1.807, 2.05) is 0 Å². The van der Waals surface area contributed by atoms with E-state index >= 15 is 0 Å². The van der Waals surface area contributed by atoms with Crippen molar-refractivity contribution < 1.29 is 9.53 Å². The minimum Gasteiger partial charge on any atom is -0.445 e. The van der Waals surface area contributed by atoms with E-state index in [2.05, 4.69) is 22.6 Å². The zero-order valence-corrected chi connectivity index (χ0v) is 20.0. The van der Waals surface area contributed by atoms with E-state index in [1.165, 1.54) is 32.1 Å². The van der Waals surface area contributed by atoms with Crippen LogP contribution in [0.1, 0.15) is 68.4 Å². The summed E-state index contributed by atoms with van der Waals surface area (Å²) in [6.45, 7) is 4.43. The first-order valence-corrected chi connectivity index (χ1v) is 12.4. The molecule has 0 N–H and O–H groups in total. The van der Waals surface area contributed by atoms with Gasteiger partial charge in [0.1, 0.15) is 6.61 Å². The molecule has 2 saturated heterocycles. The summed E-state index contributed by atoms with van der Waals surface area (Å²) in [7, 11) is 0. The van der Waals surface area contributed by atoms with Crippen LogP contribution in [0.3, 0.4) is 0 Å². The highest BCUT2D eigenvalue weighted by Gasteiger charge is 2.40. The number of halogens is 2. The zero-order chi connectivity index (χ0) is 22.2. The van der Waals surface area contributed by atoms with Crippen molar-refractivity contribution >= 4 is 29.3 Å². The summed E-state index contributed by atoms with van der Waals surface area (Å²) in [5, 5.41) is 6.02. The van der Waals surface area contributed by atoms with Crippen LogP contribution < -0.4 is 0 Å². The number of amides is 1. The molecule has 4 heterocycles. The van der Waals surface area contributed by atoms with E-state index in [4.69, 9.17) is 33.0 Å². The summed E-state index contributed by atoms with van der Waals surface area (Å²) < 4.78 is 7.65. The molecule has 3 unspecified atom stereocenters. The zero-order valence-electron chi connectivity index (χ0n) is 18.5. The van der Waals surface area contributed by atoms with Crippen LogP contribution in [0.5, 0.6) is 0 Å². The summed E-state index contributed by atoms with van der Waals surface area (Å²) >= 11 is 12.1. The lowest BCUT2D eigenvalue weighted by molar-refractivity contribution is 0.0923. The third-order valence-corrected chi connectivity index (χ3v) is 7.64. The van der Waals surface area contributed by atoms with E-state index in [9.17, 15) is 4.79 Å². The van der Waals surface area contributed by atoms with Gasteiger partial charge in [-0.1, -0.05) is 29.6 Å². The lowest BCUT2D eigenvalue weighted by atomic mass is 9.99. The van der Waals surface area contributed by atoms with Gasteiger partial charge in [0, 0.05) is 35.2 Å². The topological polar surface area (TPSA) is 50.6 Å². The third kappa shape index (κ3) is 4.50. The molecule has 2 bridgehead atoms. The third-order valence-electron chi connectivity index (χ3n) is 7.20. The van der Waals surface area contributed by atoms with Crippen LogP contribution in [0, 0.1) is 0 Å². The summed E-state index contributed by atoms with van der Waals surface area (Å²) in [5.74, 6) is 0. The Hall–Kier alpha value is -1.76. The normalized spacial score (nSPS) is 24.2. The number of nitrogens with zero attached hydrogens (tertiary/aromatic N) is 4. The van der Waals surface area contributed by atoms with Gasteiger partial charge in [-0.15, -0.1) is 0 Å². The summed E-state index contributed by atoms with van der Waals surface area (Å²) in [6.07, 6.45) is 7.16. The summed E-state index contributed by atoms with van der Waals surface area (Å²) in [6, 6.07) is 9.12. The van der Waals surface area contributed by atoms with Gasteiger partial charge in [-0.25, -0.2) is 4.79 Å². The maximum atomic E-state index is 12.8. The molecular formula is C24H30Cl2N4O2. The Morgan fingerprint density at radius 2 is 1.78 bits per heavy atom. The average Bonchev–Trinajstić information content (AvgIpc) is 3.19. The second-order valence-corrected chi connectivity index (χ2v) is 10.2. The molecule has 1 aromatic carbocycles. The molecule has 6 nitrogen and oxygen atoms in total. The van der Waals surface area contributed by atoms with Crippen molar-refractivity contribution in [2.24, 2.45) is 0 Å². The molecule has 3 atom stereocenters. The molecular weight excluding hydrogens is 447 g/mol. The maximum Gasteiger partial charge on any atom is 0.410 e. The molecule has 0 spiro atoms. The van der Waals surface area contributed by atoms with Crippen LogP contribution in [-0.2, 0) is 24.4 Å². The van der Waals surface area contributed by atoms with Crippen molar-refractivity contribution in [1.82, 2.24) is 19.6 Å². The van der Waals surface area contributed by atoms with Gasteiger partial charge in [0.25, 0.3) is 0 Å². The van der Waals surface area contributed by atoms with Crippen LogP contribution in [0.2, 0.25) is 10.0 Å². The van der Waals surface area contributed by atoms with Gasteiger partial charge in [0.15, 0.2) is 0 Å². The van der Waals surface area contributed by atoms with Crippen LogP contribution in [0.15, 0.2) is 24.3 Å². The molecule has 2 aromatic rings. The first kappa shape index (κ1) is 22.1. The van der Waals surface area contributed by atoms with Crippen LogP contribution >= 0.6 is 23.2 Å². The van der Waals surface area contributed by atoms with Crippen LogP contribution in [-0.4, -0.2) is 44.3 Å². The Morgan fingerprint density at radius 1 is 1.06 bits per heavy atom. The monoisotopic (exact) mass is 476 g/mol. The number of ether oxygens (including phenoxy) is 1. The van der Waals surface area contributed by atoms with Crippen molar-refractivity contribution in [1.29, 1.82) is 0 Å². The molecule has 3 aliphatic rings. The number of aromatic nitrogens is 2. The fourth-order valence-corrected chi connectivity index (χ4v) is 6.29. The summed E-state index contributed by atoms with van der Waals surface area (Å²) in [4.78, 5) is 17.3. The van der Waals surface area contributed by atoms with Crippen molar-refractivity contribution in [3.8, 4) is 0 Å². The fourth-order valence-electron chi connectivity index (χ4n) is 5.72. The van der Waals surface area contributed by atoms with Crippen LogP contribution in [0.4, 0.5) is 4.79 Å². The van der Waals surface area contributed by atoms with Crippen molar-refractivity contribution in [2.75, 3.05) is 6.54 Å². The quantitative estimate of drug-likeness (QED) is 0.558. The Morgan fingerprint density at radius 3 is 2.50 bits per heavy atom. The Bertz CT molecular complexity index is 958. The lowest BCUT2D eigenvalue weighted by Crippen LogP contribution is -2.41. The molecule has 8 heteroatoms. The standard InChI is InChI=1S/C24H30Cl2N4O2/c1-16(30-20-4-2-5-21(30)7-6-20)23-13-22-14-28(8-3-9-29(22)27-23)24(31)32-15-17-10-18(25)12-19(26)11-17/h10-13,16,20-21H,2-9,14-15H2,1H3. The summed E-state index contributed by atoms with van der Waals surface area (Å²) in [5.41, 5.74) is 2.99. The molecule has 3 aliphatic heterocycles. The molecule has 0 radical (unpaired) electrons. The maximum absolute atomic E-state index is 12.8. The van der Waals surface area contributed by atoms with Gasteiger partial charge < -0.3 is 9.64 Å². The predicted octanol–water partition coefficient (Wildman–Crippen LogP) is 5.81. The number of hydrogen-bond donors (Lipinski definition) is 0. The van der Waals surface area contributed by atoms with E-state index in [-0.39, 0.29) is 12.7 Å². The van der Waals surface area contributed by atoms with Crippen LogP contribution in [0.25, 0.3) is 0 Å². The average molecular weight is 477 g/mol. The van der Waals surface area contributed by atoms with E-state index in [0.29, 0.717) is 41.3 Å². The first-order valence-electron chi connectivity index (χ1n) is 11.7. The van der Waals surface area contributed by atoms with Gasteiger partial charge in [-0.3, -0.25) is 9.58 Å². The number of fused-ring (bicyclic) bond motifs is 3. The fraction of sp³-hybridized carbons (Fsp3) is 0.583. The van der Waals surface area contributed by atoms with Crippen molar-refractivity contribution in [2.45, 2.75) is 83.3 Å². The van der Waals surface area contributed by atoms with E-state index in [1.54, 1.807) is 23.1 Å². The Balaban J connectivity index is 1.25. The molecule has 2 fully saturated rings. The molecule has 172 valence electrons. The van der Waals surface area contributed by atoms with Gasteiger partial charge in [0.05, 0.1) is 24.0 Å². The number of benzene rings is 1. The number of aryl methyl sites for hydroxylation is 1. The highest BCUT2D eigenvalue weighted by Crippen LogP contribution is 2.41. The van der Waals surface area contributed by atoms with Gasteiger partial charge in [-0.05, 0) is 68.9 Å². The van der Waals surface area contributed by atoms with Gasteiger partial charge in [-0.2, -0.15) is 5.10 Å². The Labute approximate surface area is 199 Å². The largest absolute Gasteiger partial charge is 0.445 e. The number of piperidine rings is 1. The van der Waals surface area contributed by atoms with E-state index in [0.717, 1.165) is 29.9 Å². The number of carbonyl (C=O) groups excluding carboxylic acids is 1. The highest BCUT2D eigenvalue weighted by atomic mass is 35.5. The SMILES string of the molecule is CC(c1cc2n(n1)CCCN(C(=O)OCc1cc(Cl)cc(Cl)c1)C2)N1C2CCCC1CC2. The second kappa shape index (κ2) is 9.24. The second-order valence-electron chi connectivity index (χ2n) is 9.33. The molecule has 32 heavy (non-hydrogen) atoms. The number of hydrogen-bond acceptors (Lipinski definition) is 4. The number of rotatable bonds is 4. The molecule has 1 aromatic heterocycles. The molecule has 0 aliphatic carbocycles. The van der Waals surface area contributed by atoms with Crippen molar-refractivity contribution in [3.63, 3.8) is 0 Å². The van der Waals surface area contributed by atoms with Gasteiger partial charge in [0.2, 0.25) is 0 Å². The van der Waals surface area contributed by atoms with Crippen molar-refractivity contribution in [3.05, 3.63) is 51.3 Å². The minimum absolute atomic E-state index is 0.148. The number of carbonyl (C=O) groups is 1.